The fourth-order valence-corrected chi connectivity index (χ4v) is 3.90. The molecule has 1 aliphatic rings. The van der Waals surface area contributed by atoms with Crippen LogP contribution in [0.3, 0.4) is 0 Å². The number of hydrogen-bond donors (Lipinski definition) is 1. The second kappa shape index (κ2) is 7.65. The summed E-state index contributed by atoms with van der Waals surface area (Å²) in [5.74, 6) is 1.35. The van der Waals surface area contributed by atoms with Crippen LogP contribution in [-0.4, -0.2) is 35.4 Å². The van der Waals surface area contributed by atoms with E-state index in [1.807, 2.05) is 19.9 Å². The molecular formula is C20H25N7O2. The molecule has 1 aliphatic carbocycles. The maximum atomic E-state index is 12.4. The van der Waals surface area contributed by atoms with E-state index in [9.17, 15) is 9.59 Å². The highest BCUT2D eigenvalue weighted by Gasteiger charge is 2.24. The number of rotatable bonds is 4. The third-order valence-corrected chi connectivity index (χ3v) is 5.39. The van der Waals surface area contributed by atoms with Crippen LogP contribution in [0.5, 0.6) is 0 Å². The molecule has 9 nitrogen and oxygen atoms in total. The number of aromatic nitrogens is 6. The van der Waals surface area contributed by atoms with Crippen molar-refractivity contribution in [2.45, 2.75) is 51.6 Å². The first-order chi connectivity index (χ1) is 13.9. The zero-order valence-corrected chi connectivity index (χ0v) is 16.9. The summed E-state index contributed by atoms with van der Waals surface area (Å²) in [6.45, 7) is 3.91. The minimum atomic E-state index is -0.132. The molecule has 4 rings (SSSR count). The van der Waals surface area contributed by atoms with Gasteiger partial charge in [-0.15, -0.1) is 5.10 Å². The van der Waals surface area contributed by atoms with Crippen molar-refractivity contribution < 1.29 is 0 Å². The normalized spacial score (nSPS) is 19.3. The van der Waals surface area contributed by atoms with Crippen LogP contribution in [0.25, 0.3) is 5.82 Å². The molecule has 9 heteroatoms. The highest BCUT2D eigenvalue weighted by molar-refractivity contribution is 5.33. The van der Waals surface area contributed by atoms with Gasteiger partial charge in [0.25, 0.3) is 11.1 Å². The molecular weight excluding hydrogens is 370 g/mol. The van der Waals surface area contributed by atoms with Gasteiger partial charge in [0.05, 0.1) is 11.7 Å². The maximum Gasteiger partial charge on any atom is 0.267 e. The van der Waals surface area contributed by atoms with E-state index in [0.717, 1.165) is 37.1 Å². The molecule has 0 aliphatic heterocycles. The molecule has 3 aromatic rings. The molecule has 0 unspecified atom stereocenters. The molecule has 0 atom stereocenters. The van der Waals surface area contributed by atoms with Gasteiger partial charge in [-0.2, -0.15) is 10.2 Å². The zero-order valence-electron chi connectivity index (χ0n) is 16.9. The summed E-state index contributed by atoms with van der Waals surface area (Å²) in [5.41, 5.74) is 1.68. The Hall–Kier alpha value is -3.23. The van der Waals surface area contributed by atoms with Crippen LogP contribution in [0.2, 0.25) is 0 Å². The van der Waals surface area contributed by atoms with Gasteiger partial charge < -0.3 is 5.32 Å². The summed E-state index contributed by atoms with van der Waals surface area (Å²) in [6.07, 6.45) is 3.48. The Balaban J connectivity index is 1.47. The Morgan fingerprint density at radius 3 is 2.31 bits per heavy atom. The van der Waals surface area contributed by atoms with Gasteiger partial charge in [-0.3, -0.25) is 9.59 Å². The smallest absolute Gasteiger partial charge is 0.267 e. The number of anilines is 1. The summed E-state index contributed by atoms with van der Waals surface area (Å²) in [6, 6.07) is 8.81. The van der Waals surface area contributed by atoms with Gasteiger partial charge >= 0.3 is 0 Å². The van der Waals surface area contributed by atoms with E-state index < -0.39 is 0 Å². The second-order valence-corrected chi connectivity index (χ2v) is 7.64. The largest absolute Gasteiger partial charge is 0.366 e. The van der Waals surface area contributed by atoms with Gasteiger partial charge in [0.2, 0.25) is 0 Å². The van der Waals surface area contributed by atoms with Crippen molar-refractivity contribution in [2.24, 2.45) is 7.05 Å². The third-order valence-electron chi connectivity index (χ3n) is 5.39. The third kappa shape index (κ3) is 3.98. The molecule has 152 valence electrons. The molecule has 3 aromatic heterocycles. The number of hydrogen-bond acceptors (Lipinski definition) is 6. The summed E-state index contributed by atoms with van der Waals surface area (Å²) in [4.78, 5) is 23.9. The van der Waals surface area contributed by atoms with Gasteiger partial charge in [-0.1, -0.05) is 0 Å². The van der Waals surface area contributed by atoms with Crippen molar-refractivity contribution in [3.05, 3.63) is 62.4 Å². The van der Waals surface area contributed by atoms with Gasteiger partial charge in [0, 0.05) is 30.9 Å². The quantitative estimate of drug-likeness (QED) is 0.722. The first kappa shape index (κ1) is 19.1. The van der Waals surface area contributed by atoms with E-state index in [2.05, 4.69) is 20.6 Å². The van der Waals surface area contributed by atoms with Crippen molar-refractivity contribution in [3.8, 4) is 5.82 Å². The van der Waals surface area contributed by atoms with Crippen LogP contribution < -0.4 is 16.4 Å². The van der Waals surface area contributed by atoms with Crippen LogP contribution in [0.15, 0.2) is 39.9 Å². The topological polar surface area (TPSA) is 99.6 Å². The minimum absolute atomic E-state index is 0.0607. The predicted molar refractivity (Wildman–Crippen MR) is 109 cm³/mol. The van der Waals surface area contributed by atoms with Crippen LogP contribution in [0.4, 0.5) is 5.82 Å². The molecule has 0 aromatic carbocycles. The number of nitrogens with zero attached hydrogens (tertiary/aromatic N) is 6. The fraction of sp³-hybridized carbons (Fsp3) is 0.450. The van der Waals surface area contributed by atoms with Crippen LogP contribution in [-0.2, 0) is 7.05 Å². The van der Waals surface area contributed by atoms with Crippen molar-refractivity contribution in [1.82, 2.24) is 29.3 Å². The summed E-state index contributed by atoms with van der Waals surface area (Å²) in [7, 11) is 1.64. The molecule has 0 saturated heterocycles. The lowest BCUT2D eigenvalue weighted by Crippen LogP contribution is -2.34. The number of nitrogens with one attached hydrogen (secondary N) is 1. The second-order valence-electron chi connectivity index (χ2n) is 7.64. The number of aryl methyl sites for hydroxylation is 3. The highest BCUT2D eigenvalue weighted by atomic mass is 16.1. The lowest BCUT2D eigenvalue weighted by atomic mass is 9.91. The van der Waals surface area contributed by atoms with Gasteiger partial charge in [-0.25, -0.2) is 14.0 Å². The molecule has 3 heterocycles. The lowest BCUT2D eigenvalue weighted by molar-refractivity contribution is 0.302. The van der Waals surface area contributed by atoms with Crippen LogP contribution >= 0.6 is 0 Å². The van der Waals surface area contributed by atoms with Crippen molar-refractivity contribution in [1.29, 1.82) is 0 Å². The fourth-order valence-electron chi connectivity index (χ4n) is 3.90. The van der Waals surface area contributed by atoms with Gasteiger partial charge in [-0.05, 0) is 57.7 Å². The van der Waals surface area contributed by atoms with E-state index in [0.29, 0.717) is 11.6 Å². The monoisotopic (exact) mass is 395 g/mol. The van der Waals surface area contributed by atoms with Gasteiger partial charge in [0.15, 0.2) is 5.82 Å². The first-order valence-electron chi connectivity index (χ1n) is 9.85. The molecule has 1 fully saturated rings. The standard InChI is InChI=1S/C20H25N7O2/c1-13-12-14(2)26(22-13)18-9-11-20(29)27(24-18)16-6-4-15(5-7-16)21-17-8-10-19(28)25(3)23-17/h8-12,15-16H,4-7H2,1-3H3,(H,21,23). The van der Waals surface area contributed by atoms with E-state index in [1.54, 1.807) is 34.6 Å². The lowest BCUT2D eigenvalue weighted by Gasteiger charge is -2.30. The average Bonchev–Trinajstić information content (AvgIpc) is 3.04. The van der Waals surface area contributed by atoms with Crippen LogP contribution in [0.1, 0.15) is 43.1 Å². The Morgan fingerprint density at radius 2 is 1.66 bits per heavy atom. The minimum Gasteiger partial charge on any atom is -0.366 e. The maximum absolute atomic E-state index is 12.4. The molecule has 1 N–H and O–H groups in total. The molecule has 0 spiro atoms. The Bertz CT molecular complexity index is 1140. The first-order valence-corrected chi connectivity index (χ1v) is 9.85. The van der Waals surface area contributed by atoms with Crippen LogP contribution in [0, 0.1) is 13.8 Å². The van der Waals surface area contributed by atoms with Crippen molar-refractivity contribution in [3.63, 3.8) is 0 Å². The van der Waals surface area contributed by atoms with Crippen molar-refractivity contribution >= 4 is 5.82 Å². The highest BCUT2D eigenvalue weighted by Crippen LogP contribution is 2.28. The predicted octanol–water partition coefficient (Wildman–Crippen LogP) is 1.74. The molecule has 1 saturated carbocycles. The Morgan fingerprint density at radius 1 is 0.931 bits per heavy atom. The van der Waals surface area contributed by atoms with E-state index >= 15 is 0 Å². The summed E-state index contributed by atoms with van der Waals surface area (Å²) >= 11 is 0. The van der Waals surface area contributed by atoms with E-state index in [1.165, 1.54) is 10.7 Å². The van der Waals surface area contributed by atoms with Crippen molar-refractivity contribution in [2.75, 3.05) is 5.32 Å². The summed E-state index contributed by atoms with van der Waals surface area (Å²) in [5, 5.41) is 16.7. The molecule has 0 amide bonds. The SMILES string of the molecule is Cc1cc(C)n(-c2ccc(=O)n(C3CCC(Nc4ccc(=O)n(C)n4)CC3)n2)n1. The zero-order chi connectivity index (χ0) is 20.5. The average molecular weight is 395 g/mol. The Kier molecular flexibility index (Phi) is 5.04. The molecule has 29 heavy (non-hydrogen) atoms. The Labute approximate surface area is 168 Å². The van der Waals surface area contributed by atoms with E-state index in [4.69, 9.17) is 0 Å². The summed E-state index contributed by atoms with van der Waals surface area (Å²) < 4.78 is 4.69. The van der Waals surface area contributed by atoms with E-state index in [-0.39, 0.29) is 23.2 Å². The van der Waals surface area contributed by atoms with Gasteiger partial charge in [0.1, 0.15) is 5.82 Å². The molecule has 0 radical (unpaired) electrons. The molecule has 0 bridgehead atoms.